The second-order valence-electron chi connectivity index (χ2n) is 7.00. The van der Waals surface area contributed by atoms with Gasteiger partial charge >= 0.3 is 0 Å². The zero-order chi connectivity index (χ0) is 19.1. The highest BCUT2D eigenvalue weighted by Gasteiger charge is 2.20. The first kappa shape index (κ1) is 19.4. The molecule has 1 heterocycles. The molecule has 1 fully saturated rings. The number of nitrogens with zero attached hydrogens (tertiary/aromatic N) is 1. The maximum Gasteiger partial charge on any atom is 0.258 e. The molecule has 1 atom stereocenters. The number of carbonyl (C=O) groups excluding carboxylic acids is 1. The van der Waals surface area contributed by atoms with E-state index >= 15 is 0 Å². The molecule has 0 spiro atoms. The topological polar surface area (TPSA) is 50.8 Å². The fraction of sp³-hybridized carbons (Fsp3) is 0.409. The van der Waals surface area contributed by atoms with Gasteiger partial charge in [0.05, 0.1) is 19.3 Å². The van der Waals surface area contributed by atoms with Gasteiger partial charge in [0, 0.05) is 19.6 Å². The van der Waals surface area contributed by atoms with Crippen LogP contribution in [0.4, 0.5) is 0 Å². The van der Waals surface area contributed by atoms with Crippen molar-refractivity contribution in [2.45, 2.75) is 19.9 Å². The minimum Gasteiger partial charge on any atom is -0.484 e. The van der Waals surface area contributed by atoms with E-state index in [1.807, 2.05) is 31.2 Å². The van der Waals surface area contributed by atoms with E-state index in [0.717, 1.165) is 49.7 Å². The summed E-state index contributed by atoms with van der Waals surface area (Å²) in [6.07, 6.45) is 0. The smallest absolute Gasteiger partial charge is 0.258 e. The van der Waals surface area contributed by atoms with Crippen LogP contribution in [0.2, 0.25) is 0 Å². The summed E-state index contributed by atoms with van der Waals surface area (Å²) in [5.74, 6) is 0.629. The van der Waals surface area contributed by atoms with Gasteiger partial charge in [0.2, 0.25) is 0 Å². The number of carbonyl (C=O) groups is 1. The quantitative estimate of drug-likeness (QED) is 0.817. The Hall–Kier alpha value is -2.37. The third-order valence-electron chi connectivity index (χ3n) is 4.81. The van der Waals surface area contributed by atoms with Crippen LogP contribution in [-0.2, 0) is 9.53 Å². The minimum absolute atomic E-state index is 0.0102. The lowest BCUT2D eigenvalue weighted by molar-refractivity contribution is -0.124. The standard InChI is InChI=1S/C22H28N2O3/c1-17-7-9-19(10-8-17)20(15-24-11-13-26-14-12-24)23-22(25)16-27-21-6-4-3-5-18(21)2/h3-10,20H,11-16H2,1-2H3,(H,23,25)/t20-/m1/s1. The molecule has 0 radical (unpaired) electrons. The van der Waals surface area contributed by atoms with Crippen LogP contribution in [0.3, 0.4) is 0 Å². The Morgan fingerprint density at radius 3 is 2.52 bits per heavy atom. The summed E-state index contributed by atoms with van der Waals surface area (Å²) in [7, 11) is 0. The van der Waals surface area contributed by atoms with E-state index in [2.05, 4.69) is 41.4 Å². The van der Waals surface area contributed by atoms with Gasteiger partial charge in [0.1, 0.15) is 5.75 Å². The van der Waals surface area contributed by atoms with Crippen LogP contribution >= 0.6 is 0 Å². The zero-order valence-electron chi connectivity index (χ0n) is 16.1. The van der Waals surface area contributed by atoms with Crippen molar-refractivity contribution in [3.05, 3.63) is 65.2 Å². The molecule has 1 saturated heterocycles. The number of para-hydroxylation sites is 1. The molecule has 1 N–H and O–H groups in total. The van der Waals surface area contributed by atoms with E-state index in [1.165, 1.54) is 5.56 Å². The predicted molar refractivity (Wildman–Crippen MR) is 106 cm³/mol. The maximum atomic E-state index is 12.5. The molecular weight excluding hydrogens is 340 g/mol. The molecule has 0 bridgehead atoms. The average Bonchev–Trinajstić information content (AvgIpc) is 2.68. The summed E-state index contributed by atoms with van der Waals surface area (Å²) in [6.45, 7) is 8.07. The van der Waals surface area contributed by atoms with E-state index in [9.17, 15) is 4.79 Å². The van der Waals surface area contributed by atoms with E-state index in [-0.39, 0.29) is 18.6 Å². The van der Waals surface area contributed by atoms with Gasteiger partial charge in [0.15, 0.2) is 6.61 Å². The Morgan fingerprint density at radius 1 is 1.11 bits per heavy atom. The van der Waals surface area contributed by atoms with Crippen LogP contribution < -0.4 is 10.1 Å². The Labute approximate surface area is 161 Å². The number of rotatable bonds is 7. The van der Waals surface area contributed by atoms with Crippen molar-refractivity contribution in [1.29, 1.82) is 0 Å². The highest BCUT2D eigenvalue weighted by Crippen LogP contribution is 2.18. The Morgan fingerprint density at radius 2 is 1.81 bits per heavy atom. The van der Waals surface area contributed by atoms with Crippen molar-refractivity contribution >= 4 is 5.91 Å². The van der Waals surface area contributed by atoms with Crippen LogP contribution in [0.1, 0.15) is 22.7 Å². The molecule has 5 nitrogen and oxygen atoms in total. The van der Waals surface area contributed by atoms with Crippen molar-refractivity contribution in [1.82, 2.24) is 10.2 Å². The summed E-state index contributed by atoms with van der Waals surface area (Å²) >= 11 is 0. The van der Waals surface area contributed by atoms with Crippen molar-refractivity contribution in [3.63, 3.8) is 0 Å². The van der Waals surface area contributed by atoms with Gasteiger partial charge in [0.25, 0.3) is 5.91 Å². The third kappa shape index (κ3) is 5.81. The molecule has 2 aromatic rings. The average molecular weight is 368 g/mol. The van der Waals surface area contributed by atoms with Crippen molar-refractivity contribution in [2.24, 2.45) is 0 Å². The van der Waals surface area contributed by atoms with Crippen LogP contribution in [0.15, 0.2) is 48.5 Å². The third-order valence-corrected chi connectivity index (χ3v) is 4.81. The number of nitrogens with one attached hydrogen (secondary N) is 1. The molecule has 1 amide bonds. The number of benzene rings is 2. The van der Waals surface area contributed by atoms with Gasteiger partial charge in [-0.25, -0.2) is 0 Å². The second kappa shape index (κ2) is 9.53. The SMILES string of the molecule is Cc1ccc([C@@H](CN2CCOCC2)NC(=O)COc2ccccc2C)cc1. The summed E-state index contributed by atoms with van der Waals surface area (Å²) in [4.78, 5) is 14.9. The van der Waals surface area contributed by atoms with Crippen LogP contribution in [0, 0.1) is 13.8 Å². The van der Waals surface area contributed by atoms with Crippen LogP contribution in [0.25, 0.3) is 0 Å². The molecular formula is C22H28N2O3. The summed E-state index contributed by atoms with van der Waals surface area (Å²) in [6, 6.07) is 16.0. The summed E-state index contributed by atoms with van der Waals surface area (Å²) in [5.41, 5.74) is 3.34. The summed E-state index contributed by atoms with van der Waals surface area (Å²) in [5, 5.41) is 3.14. The second-order valence-corrected chi connectivity index (χ2v) is 7.00. The zero-order valence-corrected chi connectivity index (χ0v) is 16.1. The molecule has 0 aliphatic carbocycles. The van der Waals surface area contributed by atoms with Crippen LogP contribution in [-0.4, -0.2) is 50.3 Å². The number of hydrogen-bond donors (Lipinski definition) is 1. The van der Waals surface area contributed by atoms with Gasteiger partial charge in [-0.05, 0) is 31.0 Å². The van der Waals surface area contributed by atoms with Crippen molar-refractivity contribution in [2.75, 3.05) is 39.5 Å². The highest BCUT2D eigenvalue weighted by atomic mass is 16.5. The highest BCUT2D eigenvalue weighted by molar-refractivity contribution is 5.78. The van der Waals surface area contributed by atoms with Gasteiger partial charge < -0.3 is 14.8 Å². The number of ether oxygens (including phenoxy) is 2. The maximum absolute atomic E-state index is 12.5. The first-order valence-electron chi connectivity index (χ1n) is 9.46. The van der Waals surface area contributed by atoms with E-state index < -0.39 is 0 Å². The van der Waals surface area contributed by atoms with Gasteiger partial charge in [-0.3, -0.25) is 9.69 Å². The molecule has 1 aliphatic rings. The van der Waals surface area contributed by atoms with E-state index in [1.54, 1.807) is 0 Å². The number of amides is 1. The molecule has 2 aromatic carbocycles. The van der Waals surface area contributed by atoms with Gasteiger partial charge in [-0.2, -0.15) is 0 Å². The lowest BCUT2D eigenvalue weighted by Gasteiger charge is -2.31. The monoisotopic (exact) mass is 368 g/mol. The molecule has 0 unspecified atom stereocenters. The molecule has 0 aromatic heterocycles. The van der Waals surface area contributed by atoms with Gasteiger partial charge in [-0.1, -0.05) is 48.0 Å². The normalized spacial score (nSPS) is 15.9. The summed E-state index contributed by atoms with van der Waals surface area (Å²) < 4.78 is 11.1. The lowest BCUT2D eigenvalue weighted by atomic mass is 10.0. The number of morpholine rings is 1. The first-order valence-corrected chi connectivity index (χ1v) is 9.46. The molecule has 3 rings (SSSR count). The van der Waals surface area contributed by atoms with Crippen LogP contribution in [0.5, 0.6) is 5.75 Å². The lowest BCUT2D eigenvalue weighted by Crippen LogP contribution is -2.44. The predicted octanol–water partition coefficient (Wildman–Crippen LogP) is 2.87. The molecule has 5 heteroatoms. The Balaban J connectivity index is 1.63. The van der Waals surface area contributed by atoms with E-state index in [0.29, 0.717) is 0 Å². The number of hydrogen-bond acceptors (Lipinski definition) is 4. The minimum atomic E-state index is -0.114. The fourth-order valence-corrected chi connectivity index (χ4v) is 3.17. The Kier molecular flexibility index (Phi) is 6.85. The number of aryl methyl sites for hydroxylation is 2. The van der Waals surface area contributed by atoms with E-state index in [4.69, 9.17) is 9.47 Å². The van der Waals surface area contributed by atoms with Crippen molar-refractivity contribution in [3.8, 4) is 5.75 Å². The molecule has 144 valence electrons. The molecule has 1 aliphatic heterocycles. The van der Waals surface area contributed by atoms with Gasteiger partial charge in [-0.15, -0.1) is 0 Å². The largest absolute Gasteiger partial charge is 0.484 e. The first-order chi connectivity index (χ1) is 13.1. The molecule has 27 heavy (non-hydrogen) atoms. The molecule has 0 saturated carbocycles. The fourth-order valence-electron chi connectivity index (χ4n) is 3.17. The Bertz CT molecular complexity index is 739. The van der Waals surface area contributed by atoms with Crippen molar-refractivity contribution < 1.29 is 14.3 Å².